The molecule has 0 fully saturated rings. The van der Waals surface area contributed by atoms with Gasteiger partial charge in [-0.25, -0.2) is 0 Å². The predicted octanol–water partition coefficient (Wildman–Crippen LogP) is 2.39. The number of anilines is 1. The van der Waals surface area contributed by atoms with E-state index >= 15 is 0 Å². The lowest BCUT2D eigenvalue weighted by Crippen LogP contribution is -2.10. The van der Waals surface area contributed by atoms with E-state index in [2.05, 4.69) is 4.99 Å². The molecule has 5 heteroatoms. The zero-order chi connectivity index (χ0) is 12.3. The first-order valence-electron chi connectivity index (χ1n) is 4.89. The minimum Gasteiger partial charge on any atom is -0.398 e. The van der Waals surface area contributed by atoms with E-state index in [1.54, 1.807) is 6.21 Å². The van der Waals surface area contributed by atoms with Gasteiger partial charge in [0.05, 0.1) is 10.5 Å². The van der Waals surface area contributed by atoms with E-state index in [4.69, 9.17) is 5.73 Å². The normalized spacial score (nSPS) is 11.9. The van der Waals surface area contributed by atoms with Crippen LogP contribution in [0.2, 0.25) is 0 Å². The first kappa shape index (κ1) is 12.2. The van der Waals surface area contributed by atoms with Gasteiger partial charge in [-0.3, -0.25) is 15.1 Å². The van der Waals surface area contributed by atoms with Crippen LogP contribution in [0.1, 0.15) is 26.3 Å². The molecule has 16 heavy (non-hydrogen) atoms. The second-order valence-corrected chi connectivity index (χ2v) is 4.50. The lowest BCUT2D eigenvalue weighted by molar-refractivity contribution is -0.384. The molecule has 1 rings (SSSR count). The molecule has 0 aliphatic rings. The third kappa shape index (κ3) is 3.34. The molecule has 0 radical (unpaired) electrons. The number of non-ortho nitro benzene ring substituents is 1. The van der Waals surface area contributed by atoms with Crippen molar-refractivity contribution in [2.45, 2.75) is 26.3 Å². The van der Waals surface area contributed by atoms with E-state index in [1.165, 1.54) is 18.2 Å². The Kier molecular flexibility index (Phi) is 3.27. The van der Waals surface area contributed by atoms with Gasteiger partial charge < -0.3 is 5.73 Å². The Labute approximate surface area is 94.1 Å². The van der Waals surface area contributed by atoms with Gasteiger partial charge in [-0.05, 0) is 26.8 Å². The highest BCUT2D eigenvalue weighted by Crippen LogP contribution is 2.18. The topological polar surface area (TPSA) is 81.5 Å². The quantitative estimate of drug-likeness (QED) is 0.360. The van der Waals surface area contributed by atoms with Crippen molar-refractivity contribution in [3.63, 3.8) is 0 Å². The minimum atomic E-state index is -0.451. The molecule has 0 aliphatic heterocycles. The molecule has 0 spiro atoms. The SMILES string of the molecule is CC(C)(C)N=Cc1cc([N+](=O)[O-])ccc1N. The van der Waals surface area contributed by atoms with Crippen LogP contribution in [0.3, 0.4) is 0 Å². The summed E-state index contributed by atoms with van der Waals surface area (Å²) >= 11 is 0. The Bertz CT molecular complexity index is 433. The van der Waals surface area contributed by atoms with Crippen molar-refractivity contribution >= 4 is 17.6 Å². The van der Waals surface area contributed by atoms with Gasteiger partial charge in [0.15, 0.2) is 0 Å². The highest BCUT2D eigenvalue weighted by atomic mass is 16.6. The third-order valence-electron chi connectivity index (χ3n) is 1.87. The van der Waals surface area contributed by atoms with Crippen LogP contribution in [0.4, 0.5) is 11.4 Å². The molecule has 86 valence electrons. The van der Waals surface area contributed by atoms with Crippen molar-refractivity contribution in [1.82, 2.24) is 0 Å². The van der Waals surface area contributed by atoms with E-state index in [1.807, 2.05) is 20.8 Å². The summed E-state index contributed by atoms with van der Waals surface area (Å²) in [7, 11) is 0. The Balaban J connectivity index is 3.08. The zero-order valence-electron chi connectivity index (χ0n) is 9.60. The molecule has 1 aromatic carbocycles. The lowest BCUT2D eigenvalue weighted by Gasteiger charge is -2.11. The first-order chi connectivity index (χ1) is 7.29. The molecule has 0 amide bonds. The van der Waals surface area contributed by atoms with Gasteiger partial charge in [0.25, 0.3) is 5.69 Å². The van der Waals surface area contributed by atoms with E-state index in [-0.39, 0.29) is 11.2 Å². The summed E-state index contributed by atoms with van der Waals surface area (Å²) in [4.78, 5) is 14.4. The lowest BCUT2D eigenvalue weighted by atomic mass is 10.1. The molecule has 0 heterocycles. The fourth-order valence-corrected chi connectivity index (χ4v) is 1.05. The number of hydrogen-bond acceptors (Lipinski definition) is 4. The maximum absolute atomic E-state index is 10.6. The Morgan fingerprint density at radius 3 is 2.56 bits per heavy atom. The molecule has 0 saturated heterocycles. The smallest absolute Gasteiger partial charge is 0.270 e. The highest BCUT2D eigenvalue weighted by Gasteiger charge is 2.09. The minimum absolute atomic E-state index is 0.0181. The highest BCUT2D eigenvalue weighted by molar-refractivity contribution is 5.88. The molecule has 0 aliphatic carbocycles. The van der Waals surface area contributed by atoms with E-state index in [9.17, 15) is 10.1 Å². The maximum atomic E-state index is 10.6. The predicted molar refractivity (Wildman–Crippen MR) is 64.9 cm³/mol. The number of benzene rings is 1. The summed E-state index contributed by atoms with van der Waals surface area (Å²) in [6, 6.07) is 4.32. The van der Waals surface area contributed by atoms with Crippen molar-refractivity contribution in [3.8, 4) is 0 Å². The van der Waals surface area contributed by atoms with Gasteiger partial charge in [0.2, 0.25) is 0 Å². The van der Waals surface area contributed by atoms with E-state index in [0.717, 1.165) is 0 Å². The summed E-state index contributed by atoms with van der Waals surface area (Å²) in [5, 5.41) is 10.6. The molecule has 0 bridgehead atoms. The molecule has 0 unspecified atom stereocenters. The van der Waals surface area contributed by atoms with Gasteiger partial charge in [0.1, 0.15) is 0 Å². The summed E-state index contributed by atoms with van der Waals surface area (Å²) in [6.45, 7) is 5.82. The number of nitro benzene ring substituents is 1. The van der Waals surface area contributed by atoms with Crippen LogP contribution in [-0.4, -0.2) is 16.7 Å². The van der Waals surface area contributed by atoms with Gasteiger partial charge >= 0.3 is 0 Å². The monoisotopic (exact) mass is 221 g/mol. The second kappa shape index (κ2) is 4.30. The Morgan fingerprint density at radius 2 is 2.06 bits per heavy atom. The molecule has 0 saturated carbocycles. The number of nitrogen functional groups attached to an aromatic ring is 1. The number of nitrogens with two attached hydrogens (primary N) is 1. The Morgan fingerprint density at radius 1 is 1.44 bits per heavy atom. The summed E-state index contributed by atoms with van der Waals surface area (Å²) < 4.78 is 0. The van der Waals surface area contributed by atoms with E-state index in [0.29, 0.717) is 11.3 Å². The number of hydrogen-bond donors (Lipinski definition) is 1. The summed E-state index contributed by atoms with van der Waals surface area (Å²) in [6.07, 6.45) is 1.57. The number of rotatable bonds is 2. The van der Waals surface area contributed by atoms with Crippen LogP contribution in [0.5, 0.6) is 0 Å². The largest absolute Gasteiger partial charge is 0.398 e. The van der Waals surface area contributed by atoms with Crippen LogP contribution < -0.4 is 5.73 Å². The molecule has 1 aromatic rings. The van der Waals surface area contributed by atoms with Crippen molar-refractivity contribution in [1.29, 1.82) is 0 Å². The molecule has 2 N–H and O–H groups in total. The van der Waals surface area contributed by atoms with Gasteiger partial charge in [-0.1, -0.05) is 0 Å². The average Bonchev–Trinajstić information content (AvgIpc) is 2.14. The van der Waals surface area contributed by atoms with Crippen LogP contribution >= 0.6 is 0 Å². The molecule has 0 atom stereocenters. The number of aliphatic imine (C=N–C) groups is 1. The van der Waals surface area contributed by atoms with Crippen molar-refractivity contribution in [2.24, 2.45) is 4.99 Å². The molecular weight excluding hydrogens is 206 g/mol. The average molecular weight is 221 g/mol. The third-order valence-corrected chi connectivity index (χ3v) is 1.87. The number of nitro groups is 1. The summed E-state index contributed by atoms with van der Waals surface area (Å²) in [5.41, 5.74) is 6.56. The molecule has 0 aromatic heterocycles. The van der Waals surface area contributed by atoms with Crippen molar-refractivity contribution in [2.75, 3.05) is 5.73 Å². The van der Waals surface area contributed by atoms with Crippen LogP contribution in [0.15, 0.2) is 23.2 Å². The van der Waals surface area contributed by atoms with Gasteiger partial charge in [-0.15, -0.1) is 0 Å². The van der Waals surface area contributed by atoms with E-state index < -0.39 is 4.92 Å². The van der Waals surface area contributed by atoms with Crippen molar-refractivity contribution < 1.29 is 4.92 Å². The fraction of sp³-hybridized carbons (Fsp3) is 0.364. The first-order valence-corrected chi connectivity index (χ1v) is 4.89. The van der Waals surface area contributed by atoms with Crippen LogP contribution in [-0.2, 0) is 0 Å². The standard InChI is InChI=1S/C11H15N3O2/c1-11(2,3)13-7-8-6-9(14(15)16)4-5-10(8)12/h4-7H,12H2,1-3H3. The van der Waals surface area contributed by atoms with Gasteiger partial charge in [-0.2, -0.15) is 0 Å². The van der Waals surface area contributed by atoms with Crippen LogP contribution in [0.25, 0.3) is 0 Å². The Hall–Kier alpha value is -1.91. The fourth-order valence-electron chi connectivity index (χ4n) is 1.05. The van der Waals surface area contributed by atoms with Crippen LogP contribution in [0, 0.1) is 10.1 Å². The molecular formula is C11H15N3O2. The molecule has 5 nitrogen and oxygen atoms in total. The second-order valence-electron chi connectivity index (χ2n) is 4.50. The maximum Gasteiger partial charge on any atom is 0.270 e. The summed E-state index contributed by atoms with van der Waals surface area (Å²) in [5.74, 6) is 0. The zero-order valence-corrected chi connectivity index (χ0v) is 9.60. The van der Waals surface area contributed by atoms with Crippen molar-refractivity contribution in [3.05, 3.63) is 33.9 Å². The van der Waals surface area contributed by atoms with Gasteiger partial charge in [0, 0.05) is 29.6 Å². The number of nitrogens with zero attached hydrogens (tertiary/aromatic N) is 2.